The second-order valence-corrected chi connectivity index (χ2v) is 6.27. The molecule has 0 fully saturated rings. The van der Waals surface area contributed by atoms with Gasteiger partial charge in [0.1, 0.15) is 0 Å². The lowest BCUT2D eigenvalue weighted by molar-refractivity contribution is -0.122. The van der Waals surface area contributed by atoms with Gasteiger partial charge in [-0.3, -0.25) is 9.78 Å². The predicted octanol–water partition coefficient (Wildman–Crippen LogP) is 2.76. The zero-order valence-corrected chi connectivity index (χ0v) is 14.3. The van der Waals surface area contributed by atoms with E-state index in [1.807, 2.05) is 49.4 Å². The molecule has 0 radical (unpaired) electrons. The van der Waals surface area contributed by atoms with Crippen LogP contribution in [-0.2, 0) is 16.0 Å². The lowest BCUT2D eigenvalue weighted by Gasteiger charge is -2.22. The van der Waals surface area contributed by atoms with E-state index in [4.69, 9.17) is 4.74 Å². The highest BCUT2D eigenvalue weighted by Crippen LogP contribution is 2.31. The van der Waals surface area contributed by atoms with Gasteiger partial charge in [-0.2, -0.15) is 0 Å². The molecule has 1 amide bonds. The summed E-state index contributed by atoms with van der Waals surface area (Å²) < 4.78 is 5.18. The Labute approximate surface area is 150 Å². The molecule has 3 aromatic rings. The van der Waals surface area contributed by atoms with Crippen LogP contribution in [0.15, 0.2) is 54.7 Å². The number of carbonyl (C=O) groups is 2. The molecule has 2 heterocycles. The Morgan fingerprint density at radius 2 is 1.85 bits per heavy atom. The Hall–Kier alpha value is -3.28. The summed E-state index contributed by atoms with van der Waals surface area (Å²) in [5, 5.41) is 0. The van der Waals surface area contributed by atoms with E-state index in [-0.39, 0.29) is 24.2 Å². The third-order valence-corrected chi connectivity index (χ3v) is 4.46. The van der Waals surface area contributed by atoms with Crippen LogP contribution in [-0.4, -0.2) is 34.5 Å². The quantitative estimate of drug-likeness (QED) is 0.681. The van der Waals surface area contributed by atoms with Gasteiger partial charge in [0, 0.05) is 11.7 Å². The molecular weight excluding hydrogens is 330 g/mol. The normalized spacial score (nSPS) is 15.7. The van der Waals surface area contributed by atoms with E-state index in [2.05, 4.69) is 9.97 Å². The van der Waals surface area contributed by atoms with Crippen molar-refractivity contribution in [2.75, 3.05) is 11.5 Å². The maximum absolute atomic E-state index is 12.6. The number of amides is 1. The van der Waals surface area contributed by atoms with Crippen molar-refractivity contribution in [3.8, 4) is 0 Å². The molecule has 6 nitrogen and oxygen atoms in total. The van der Waals surface area contributed by atoms with Crippen molar-refractivity contribution in [3.05, 3.63) is 66.0 Å². The highest BCUT2D eigenvalue weighted by atomic mass is 16.5. The van der Waals surface area contributed by atoms with Crippen molar-refractivity contribution in [2.45, 2.75) is 19.4 Å². The van der Waals surface area contributed by atoms with E-state index in [0.717, 1.165) is 17.7 Å². The third-order valence-electron chi connectivity index (χ3n) is 4.46. The monoisotopic (exact) mass is 347 g/mol. The van der Waals surface area contributed by atoms with Gasteiger partial charge < -0.3 is 9.64 Å². The van der Waals surface area contributed by atoms with Gasteiger partial charge in [0.2, 0.25) is 0 Å². The molecule has 0 spiro atoms. The van der Waals surface area contributed by atoms with E-state index in [9.17, 15) is 9.59 Å². The fraction of sp³-hybridized carbons (Fsp3) is 0.200. The van der Waals surface area contributed by atoms with Gasteiger partial charge in [-0.25, -0.2) is 9.78 Å². The van der Waals surface area contributed by atoms with Gasteiger partial charge in [-0.15, -0.1) is 0 Å². The van der Waals surface area contributed by atoms with Gasteiger partial charge in [0.25, 0.3) is 5.91 Å². The molecule has 0 aliphatic carbocycles. The molecule has 1 atom stereocenters. The number of aromatic nitrogens is 2. The lowest BCUT2D eigenvalue weighted by Crippen LogP contribution is -2.38. The Morgan fingerprint density at radius 3 is 2.69 bits per heavy atom. The minimum absolute atomic E-state index is 0.0408. The smallest absolute Gasteiger partial charge is 0.359 e. The molecule has 1 aliphatic rings. The van der Waals surface area contributed by atoms with E-state index < -0.39 is 5.97 Å². The number of esters is 1. The molecular formula is C20H17N3O3. The van der Waals surface area contributed by atoms with E-state index in [0.29, 0.717) is 11.0 Å². The van der Waals surface area contributed by atoms with Gasteiger partial charge in [0.15, 0.2) is 12.3 Å². The number of para-hydroxylation sites is 3. The number of carbonyl (C=O) groups excluding carboxylic acids is 2. The summed E-state index contributed by atoms with van der Waals surface area (Å²) in [6.07, 6.45) is 2.16. The fourth-order valence-corrected chi connectivity index (χ4v) is 3.27. The number of fused-ring (bicyclic) bond motifs is 2. The molecule has 0 saturated carbocycles. The number of benzene rings is 2. The van der Waals surface area contributed by atoms with Crippen LogP contribution < -0.4 is 4.90 Å². The number of hydrogen-bond acceptors (Lipinski definition) is 5. The first kappa shape index (κ1) is 16.2. The summed E-state index contributed by atoms with van der Waals surface area (Å²) in [5.41, 5.74) is 3.40. The Bertz CT molecular complexity index is 1000. The number of ether oxygens (including phenoxy) is 1. The van der Waals surface area contributed by atoms with E-state index in [1.54, 1.807) is 11.0 Å². The van der Waals surface area contributed by atoms with Crippen molar-refractivity contribution >= 4 is 28.6 Å². The van der Waals surface area contributed by atoms with Crippen LogP contribution in [0.2, 0.25) is 0 Å². The van der Waals surface area contributed by atoms with E-state index >= 15 is 0 Å². The largest absolute Gasteiger partial charge is 0.451 e. The average molecular weight is 347 g/mol. The minimum Gasteiger partial charge on any atom is -0.451 e. The number of anilines is 1. The number of rotatable bonds is 3. The summed E-state index contributed by atoms with van der Waals surface area (Å²) in [7, 11) is 0. The summed E-state index contributed by atoms with van der Waals surface area (Å²) in [6.45, 7) is 1.65. The van der Waals surface area contributed by atoms with Crippen LogP contribution in [0.4, 0.5) is 5.69 Å². The zero-order valence-electron chi connectivity index (χ0n) is 14.3. The van der Waals surface area contributed by atoms with Gasteiger partial charge in [0.05, 0.1) is 17.2 Å². The van der Waals surface area contributed by atoms with Crippen molar-refractivity contribution in [2.24, 2.45) is 0 Å². The topological polar surface area (TPSA) is 72.4 Å². The molecule has 0 N–H and O–H groups in total. The molecule has 1 aromatic heterocycles. The minimum atomic E-state index is -0.656. The highest BCUT2D eigenvalue weighted by molar-refractivity contribution is 5.99. The maximum Gasteiger partial charge on any atom is 0.359 e. The Balaban J connectivity index is 1.46. The van der Waals surface area contributed by atoms with Gasteiger partial charge >= 0.3 is 5.97 Å². The summed E-state index contributed by atoms with van der Waals surface area (Å²) in [4.78, 5) is 34.9. The summed E-state index contributed by atoms with van der Waals surface area (Å²) >= 11 is 0. The second kappa shape index (κ2) is 6.55. The zero-order chi connectivity index (χ0) is 18.1. The molecule has 1 aliphatic heterocycles. The summed E-state index contributed by atoms with van der Waals surface area (Å²) in [6, 6.07) is 15.1. The molecule has 2 aromatic carbocycles. The predicted molar refractivity (Wildman–Crippen MR) is 96.9 cm³/mol. The SMILES string of the molecule is C[C@@H]1Cc2ccccc2N1C(=O)COC(=O)c1cnc2ccccc2n1. The average Bonchev–Trinajstić information content (AvgIpc) is 3.01. The van der Waals surface area contributed by atoms with Crippen molar-refractivity contribution in [1.29, 1.82) is 0 Å². The van der Waals surface area contributed by atoms with Gasteiger partial charge in [-0.05, 0) is 37.1 Å². The molecule has 6 heteroatoms. The van der Waals surface area contributed by atoms with Crippen LogP contribution in [0.3, 0.4) is 0 Å². The van der Waals surface area contributed by atoms with Crippen LogP contribution in [0.1, 0.15) is 23.0 Å². The van der Waals surface area contributed by atoms with Crippen LogP contribution in [0, 0.1) is 0 Å². The summed E-state index contributed by atoms with van der Waals surface area (Å²) in [5.74, 6) is -0.902. The molecule has 0 bridgehead atoms. The molecule has 26 heavy (non-hydrogen) atoms. The fourth-order valence-electron chi connectivity index (χ4n) is 3.27. The third kappa shape index (κ3) is 2.90. The highest BCUT2D eigenvalue weighted by Gasteiger charge is 2.31. The van der Waals surface area contributed by atoms with Crippen molar-refractivity contribution in [3.63, 3.8) is 0 Å². The van der Waals surface area contributed by atoms with Gasteiger partial charge in [-0.1, -0.05) is 30.3 Å². The Kier molecular flexibility index (Phi) is 4.08. The van der Waals surface area contributed by atoms with Crippen molar-refractivity contribution < 1.29 is 14.3 Å². The second-order valence-electron chi connectivity index (χ2n) is 6.27. The first-order valence-corrected chi connectivity index (χ1v) is 8.42. The Morgan fingerprint density at radius 1 is 1.12 bits per heavy atom. The maximum atomic E-state index is 12.6. The number of nitrogens with zero attached hydrogens (tertiary/aromatic N) is 3. The first-order chi connectivity index (χ1) is 12.6. The lowest BCUT2D eigenvalue weighted by atomic mass is 10.1. The molecule has 0 unspecified atom stereocenters. The van der Waals surface area contributed by atoms with E-state index in [1.165, 1.54) is 6.20 Å². The van der Waals surface area contributed by atoms with Crippen LogP contribution in [0.5, 0.6) is 0 Å². The molecule has 4 rings (SSSR count). The standard InChI is InChI=1S/C20H17N3O3/c1-13-10-14-6-2-5-9-18(14)23(13)19(24)12-26-20(25)17-11-21-15-7-3-4-8-16(15)22-17/h2-9,11,13H,10,12H2,1H3/t13-/m1/s1. The first-order valence-electron chi connectivity index (χ1n) is 8.42. The number of hydrogen-bond donors (Lipinski definition) is 0. The van der Waals surface area contributed by atoms with Crippen LogP contribution in [0.25, 0.3) is 11.0 Å². The molecule has 130 valence electrons. The molecule has 0 saturated heterocycles. The van der Waals surface area contributed by atoms with Crippen LogP contribution >= 0.6 is 0 Å². The van der Waals surface area contributed by atoms with Crippen molar-refractivity contribution in [1.82, 2.24) is 9.97 Å².